The summed E-state index contributed by atoms with van der Waals surface area (Å²) in [5, 5.41) is 1.43. The number of fused-ring (bicyclic) bond motifs is 3. The maximum atomic E-state index is 5.64. The Balaban J connectivity index is 0.000000267. The Morgan fingerprint density at radius 3 is 2.83 bits per heavy atom. The average Bonchev–Trinajstić information content (AvgIpc) is 2.80. The SMILES string of the molecule is CC1OCCc2c1sc1ccccc21.CCCCl. The first kappa shape index (κ1) is 13.9. The first-order chi connectivity index (χ1) is 8.77. The van der Waals surface area contributed by atoms with Gasteiger partial charge in [0.05, 0.1) is 12.7 Å². The van der Waals surface area contributed by atoms with E-state index in [1.807, 2.05) is 18.3 Å². The van der Waals surface area contributed by atoms with Crippen molar-refractivity contribution < 1.29 is 4.74 Å². The molecular formula is C15H19ClOS. The molecule has 3 heteroatoms. The summed E-state index contributed by atoms with van der Waals surface area (Å²) in [4.78, 5) is 1.43. The van der Waals surface area contributed by atoms with Crippen molar-refractivity contribution in [2.75, 3.05) is 12.5 Å². The summed E-state index contributed by atoms with van der Waals surface area (Å²) in [5.74, 6) is 0.792. The molecule has 0 saturated carbocycles. The first-order valence-corrected chi connectivity index (χ1v) is 7.80. The second-order valence-electron chi connectivity index (χ2n) is 4.39. The van der Waals surface area contributed by atoms with Crippen LogP contribution < -0.4 is 0 Å². The minimum absolute atomic E-state index is 0.288. The summed E-state index contributed by atoms with van der Waals surface area (Å²) in [6.45, 7) is 5.06. The molecule has 1 unspecified atom stereocenters. The Morgan fingerprint density at radius 1 is 1.39 bits per heavy atom. The van der Waals surface area contributed by atoms with E-state index < -0.39 is 0 Å². The van der Waals surface area contributed by atoms with Crippen molar-refractivity contribution in [2.24, 2.45) is 0 Å². The molecule has 1 nitrogen and oxygen atoms in total. The quantitative estimate of drug-likeness (QED) is 0.656. The van der Waals surface area contributed by atoms with Crippen molar-refractivity contribution >= 4 is 33.0 Å². The van der Waals surface area contributed by atoms with Crippen LogP contribution in [0.25, 0.3) is 10.1 Å². The van der Waals surface area contributed by atoms with E-state index in [9.17, 15) is 0 Å². The fourth-order valence-corrected chi connectivity index (χ4v) is 3.37. The number of halogens is 1. The van der Waals surface area contributed by atoms with E-state index in [2.05, 4.69) is 31.2 Å². The van der Waals surface area contributed by atoms with Gasteiger partial charge in [-0.3, -0.25) is 0 Å². The van der Waals surface area contributed by atoms with Crippen LogP contribution in [-0.4, -0.2) is 12.5 Å². The van der Waals surface area contributed by atoms with Crippen LogP contribution >= 0.6 is 22.9 Å². The van der Waals surface area contributed by atoms with Crippen LogP contribution in [0.4, 0.5) is 0 Å². The number of hydrogen-bond acceptors (Lipinski definition) is 2. The molecule has 0 spiro atoms. The summed E-state index contributed by atoms with van der Waals surface area (Å²) in [6, 6.07) is 8.65. The Kier molecular flexibility index (Phi) is 5.04. The molecule has 0 bridgehead atoms. The number of hydrogen-bond donors (Lipinski definition) is 0. The summed E-state index contributed by atoms with van der Waals surface area (Å²) < 4.78 is 7.04. The number of benzene rings is 1. The highest BCUT2D eigenvalue weighted by molar-refractivity contribution is 7.19. The third kappa shape index (κ3) is 2.87. The van der Waals surface area contributed by atoms with Gasteiger partial charge in [0.15, 0.2) is 0 Å². The number of thiophene rings is 1. The van der Waals surface area contributed by atoms with Gasteiger partial charge in [0, 0.05) is 15.5 Å². The van der Waals surface area contributed by atoms with Crippen LogP contribution in [0.1, 0.15) is 36.8 Å². The van der Waals surface area contributed by atoms with Gasteiger partial charge in [-0.1, -0.05) is 25.1 Å². The van der Waals surface area contributed by atoms with E-state index in [-0.39, 0.29) is 6.10 Å². The predicted octanol–water partition coefficient (Wildman–Crippen LogP) is 5.17. The monoisotopic (exact) mass is 282 g/mol. The lowest BCUT2D eigenvalue weighted by Gasteiger charge is -2.19. The fourth-order valence-electron chi connectivity index (χ4n) is 2.12. The first-order valence-electron chi connectivity index (χ1n) is 6.45. The maximum Gasteiger partial charge on any atom is 0.0892 e. The lowest BCUT2D eigenvalue weighted by atomic mass is 10.0. The molecule has 1 aliphatic heterocycles. The van der Waals surface area contributed by atoms with Crippen molar-refractivity contribution in [3.05, 3.63) is 34.7 Å². The molecular weight excluding hydrogens is 264 g/mol. The molecule has 2 heterocycles. The lowest BCUT2D eigenvalue weighted by molar-refractivity contribution is 0.0589. The third-order valence-electron chi connectivity index (χ3n) is 3.01. The van der Waals surface area contributed by atoms with Crippen LogP contribution in [0.2, 0.25) is 0 Å². The van der Waals surface area contributed by atoms with Gasteiger partial charge >= 0.3 is 0 Å². The topological polar surface area (TPSA) is 9.23 Å². The van der Waals surface area contributed by atoms with E-state index >= 15 is 0 Å². The zero-order valence-corrected chi connectivity index (χ0v) is 12.5. The van der Waals surface area contributed by atoms with Crippen LogP contribution in [-0.2, 0) is 11.2 Å². The summed E-state index contributed by atoms with van der Waals surface area (Å²) >= 11 is 7.07. The maximum absolute atomic E-state index is 5.64. The van der Waals surface area contributed by atoms with Gasteiger partial charge in [-0.05, 0) is 36.8 Å². The van der Waals surface area contributed by atoms with Crippen molar-refractivity contribution in [3.63, 3.8) is 0 Å². The molecule has 2 aromatic rings. The van der Waals surface area contributed by atoms with Crippen LogP contribution in [0, 0.1) is 0 Å². The number of ether oxygens (including phenoxy) is 1. The van der Waals surface area contributed by atoms with Crippen LogP contribution in [0.5, 0.6) is 0 Å². The second kappa shape index (κ2) is 6.55. The summed E-state index contributed by atoms with van der Waals surface area (Å²) in [5.41, 5.74) is 1.52. The molecule has 18 heavy (non-hydrogen) atoms. The minimum atomic E-state index is 0.288. The minimum Gasteiger partial charge on any atom is -0.373 e. The lowest BCUT2D eigenvalue weighted by Crippen LogP contribution is -2.11. The van der Waals surface area contributed by atoms with Gasteiger partial charge in [-0.25, -0.2) is 0 Å². The molecule has 1 aliphatic rings. The van der Waals surface area contributed by atoms with Crippen LogP contribution in [0.3, 0.4) is 0 Å². The largest absolute Gasteiger partial charge is 0.373 e. The summed E-state index contributed by atoms with van der Waals surface area (Å²) in [7, 11) is 0. The Morgan fingerprint density at radius 2 is 2.11 bits per heavy atom. The van der Waals surface area contributed by atoms with Gasteiger partial charge in [0.1, 0.15) is 0 Å². The Bertz CT molecular complexity index is 504. The molecule has 0 amide bonds. The van der Waals surface area contributed by atoms with Gasteiger partial charge in [0.2, 0.25) is 0 Å². The van der Waals surface area contributed by atoms with Gasteiger partial charge in [-0.2, -0.15) is 0 Å². The van der Waals surface area contributed by atoms with Crippen molar-refractivity contribution in [3.8, 4) is 0 Å². The molecule has 1 aromatic heterocycles. The smallest absolute Gasteiger partial charge is 0.0892 e. The zero-order valence-electron chi connectivity index (χ0n) is 10.9. The Labute approximate surface area is 118 Å². The average molecular weight is 283 g/mol. The number of alkyl halides is 1. The molecule has 3 rings (SSSR count). The highest BCUT2D eigenvalue weighted by atomic mass is 35.5. The molecule has 1 aromatic carbocycles. The third-order valence-corrected chi connectivity index (χ3v) is 4.76. The van der Waals surface area contributed by atoms with Gasteiger partial charge < -0.3 is 4.74 Å². The molecule has 0 radical (unpaired) electrons. The Hall–Kier alpha value is -0.570. The predicted molar refractivity (Wildman–Crippen MR) is 80.9 cm³/mol. The van der Waals surface area contributed by atoms with E-state index in [0.717, 1.165) is 25.3 Å². The normalized spacial score (nSPS) is 18.1. The fraction of sp³-hybridized carbons (Fsp3) is 0.467. The molecule has 98 valence electrons. The van der Waals surface area contributed by atoms with Crippen molar-refractivity contribution in [1.82, 2.24) is 0 Å². The van der Waals surface area contributed by atoms with Crippen molar-refractivity contribution in [1.29, 1.82) is 0 Å². The number of rotatable bonds is 1. The molecule has 0 fully saturated rings. The van der Waals surface area contributed by atoms with Crippen molar-refractivity contribution in [2.45, 2.75) is 32.8 Å². The highest BCUT2D eigenvalue weighted by Gasteiger charge is 2.21. The molecule has 1 atom stereocenters. The van der Waals surface area contributed by atoms with E-state index in [0.29, 0.717) is 0 Å². The van der Waals surface area contributed by atoms with E-state index in [1.54, 1.807) is 0 Å². The molecule has 0 saturated heterocycles. The van der Waals surface area contributed by atoms with Gasteiger partial charge in [0.25, 0.3) is 0 Å². The molecule has 0 N–H and O–H groups in total. The van der Waals surface area contributed by atoms with Gasteiger partial charge in [-0.15, -0.1) is 22.9 Å². The highest BCUT2D eigenvalue weighted by Crippen LogP contribution is 2.39. The molecule has 0 aliphatic carbocycles. The standard InChI is InChI=1S/C12H12OS.C3H7Cl/c1-8-12-10(6-7-13-8)9-4-2-3-5-11(9)14-12;1-2-3-4/h2-5,8H,6-7H2,1H3;2-3H2,1H3. The second-order valence-corrected chi connectivity index (χ2v) is 5.85. The zero-order chi connectivity index (χ0) is 13.0. The van der Waals surface area contributed by atoms with Crippen LogP contribution in [0.15, 0.2) is 24.3 Å². The van der Waals surface area contributed by atoms with E-state index in [4.69, 9.17) is 16.3 Å². The van der Waals surface area contributed by atoms with E-state index in [1.165, 1.54) is 20.5 Å². The summed E-state index contributed by atoms with van der Waals surface area (Å²) in [6.07, 6.45) is 2.45.